The van der Waals surface area contributed by atoms with E-state index in [1.165, 1.54) is 5.56 Å². The maximum absolute atomic E-state index is 11.9. The topological polar surface area (TPSA) is 20.3 Å². The van der Waals surface area contributed by atoms with Crippen LogP contribution in [0.5, 0.6) is 0 Å². The summed E-state index contributed by atoms with van der Waals surface area (Å²) in [5, 5.41) is 0. The molecule has 1 aromatic carbocycles. The monoisotopic (exact) mass is 267 g/mol. The number of fused-ring (bicyclic) bond motifs is 1. The van der Waals surface area contributed by atoms with Gasteiger partial charge in [0, 0.05) is 23.1 Å². The van der Waals surface area contributed by atoms with Crippen molar-refractivity contribution in [1.29, 1.82) is 0 Å². The van der Waals surface area contributed by atoms with Gasteiger partial charge in [0.05, 0.1) is 0 Å². The zero-order valence-electron chi connectivity index (χ0n) is 8.96. The summed E-state index contributed by atoms with van der Waals surface area (Å²) in [6.45, 7) is 2.00. The number of benzene rings is 1. The summed E-state index contributed by atoms with van der Waals surface area (Å²) >= 11 is 3.44. The van der Waals surface area contributed by atoms with E-state index >= 15 is 0 Å². The highest BCUT2D eigenvalue weighted by molar-refractivity contribution is 9.10. The third kappa shape index (κ3) is 1.93. The van der Waals surface area contributed by atoms with Crippen LogP contribution in [0.4, 0.5) is 5.69 Å². The Labute approximate surface area is 98.4 Å². The largest absolute Gasteiger partial charge is 0.315 e. The number of halogens is 1. The SMILES string of the molecule is C[C@H]1CCc2ccc(Br)cc2N(C)C1=O. The quantitative estimate of drug-likeness (QED) is 0.708. The van der Waals surface area contributed by atoms with Crippen LogP contribution in [0, 0.1) is 5.92 Å². The van der Waals surface area contributed by atoms with Crippen molar-refractivity contribution >= 4 is 27.5 Å². The van der Waals surface area contributed by atoms with Crippen LogP contribution in [0.15, 0.2) is 22.7 Å². The van der Waals surface area contributed by atoms with Gasteiger partial charge >= 0.3 is 0 Å². The molecule has 0 unspecified atom stereocenters. The maximum atomic E-state index is 11.9. The van der Waals surface area contributed by atoms with Gasteiger partial charge < -0.3 is 4.90 Å². The smallest absolute Gasteiger partial charge is 0.229 e. The van der Waals surface area contributed by atoms with Crippen LogP contribution in [0.3, 0.4) is 0 Å². The lowest BCUT2D eigenvalue weighted by molar-refractivity contribution is -0.121. The molecular weight excluding hydrogens is 254 g/mol. The summed E-state index contributed by atoms with van der Waals surface area (Å²) < 4.78 is 1.02. The minimum atomic E-state index is 0.126. The van der Waals surface area contributed by atoms with E-state index in [9.17, 15) is 4.79 Å². The van der Waals surface area contributed by atoms with Gasteiger partial charge in [-0.05, 0) is 30.5 Å². The van der Waals surface area contributed by atoms with Crippen molar-refractivity contribution in [3.63, 3.8) is 0 Å². The third-order valence-corrected chi connectivity index (χ3v) is 3.50. The number of amides is 1. The average Bonchev–Trinajstić information content (AvgIpc) is 2.32. The fourth-order valence-corrected chi connectivity index (χ4v) is 2.35. The molecule has 80 valence electrons. The maximum Gasteiger partial charge on any atom is 0.229 e. The number of carbonyl (C=O) groups is 1. The lowest BCUT2D eigenvalue weighted by Crippen LogP contribution is -2.30. The molecule has 1 amide bonds. The van der Waals surface area contributed by atoms with Crippen LogP contribution in [0.25, 0.3) is 0 Å². The number of hydrogen-bond donors (Lipinski definition) is 0. The molecular formula is C12H14BrNO. The first kappa shape index (κ1) is 10.7. The number of anilines is 1. The molecule has 0 N–H and O–H groups in total. The standard InChI is InChI=1S/C12H14BrNO/c1-8-3-4-9-5-6-10(13)7-11(9)14(2)12(8)15/h5-8H,3-4H2,1-2H3/t8-/m0/s1. The Morgan fingerprint density at radius 2 is 2.20 bits per heavy atom. The molecule has 0 saturated carbocycles. The Hall–Kier alpha value is -0.830. The lowest BCUT2D eigenvalue weighted by Gasteiger charge is -2.19. The minimum Gasteiger partial charge on any atom is -0.315 e. The molecule has 1 aliphatic rings. The molecule has 0 spiro atoms. The fourth-order valence-electron chi connectivity index (χ4n) is 2.01. The highest BCUT2D eigenvalue weighted by Crippen LogP contribution is 2.30. The number of nitrogens with zero attached hydrogens (tertiary/aromatic N) is 1. The minimum absolute atomic E-state index is 0.126. The second-order valence-electron chi connectivity index (χ2n) is 4.11. The first-order valence-corrected chi connectivity index (χ1v) is 5.95. The van der Waals surface area contributed by atoms with Crippen molar-refractivity contribution in [2.45, 2.75) is 19.8 Å². The van der Waals surface area contributed by atoms with Crippen molar-refractivity contribution in [3.05, 3.63) is 28.2 Å². The van der Waals surface area contributed by atoms with Gasteiger partial charge in [-0.1, -0.05) is 28.9 Å². The van der Waals surface area contributed by atoms with E-state index in [2.05, 4.69) is 22.0 Å². The summed E-state index contributed by atoms with van der Waals surface area (Å²) in [7, 11) is 1.86. The summed E-state index contributed by atoms with van der Waals surface area (Å²) in [5.41, 5.74) is 2.30. The Morgan fingerprint density at radius 3 is 2.93 bits per heavy atom. The number of hydrogen-bond acceptors (Lipinski definition) is 1. The van der Waals surface area contributed by atoms with E-state index in [1.807, 2.05) is 26.1 Å². The summed E-state index contributed by atoms with van der Waals surface area (Å²) in [6.07, 6.45) is 1.93. The Balaban J connectivity index is 2.48. The first-order chi connectivity index (χ1) is 7.09. The van der Waals surface area contributed by atoms with Crippen LogP contribution in [-0.2, 0) is 11.2 Å². The van der Waals surface area contributed by atoms with Gasteiger partial charge in [0.25, 0.3) is 0 Å². The highest BCUT2D eigenvalue weighted by atomic mass is 79.9. The van der Waals surface area contributed by atoms with Crippen molar-refractivity contribution in [2.24, 2.45) is 5.92 Å². The molecule has 0 aliphatic carbocycles. The molecule has 1 atom stereocenters. The molecule has 2 rings (SSSR count). The molecule has 0 bridgehead atoms. The van der Waals surface area contributed by atoms with E-state index in [4.69, 9.17) is 0 Å². The van der Waals surface area contributed by atoms with Crippen molar-refractivity contribution < 1.29 is 4.79 Å². The first-order valence-electron chi connectivity index (χ1n) is 5.15. The van der Waals surface area contributed by atoms with Gasteiger partial charge in [0.15, 0.2) is 0 Å². The second kappa shape index (κ2) is 3.97. The molecule has 1 aromatic rings. The van der Waals surface area contributed by atoms with Crippen molar-refractivity contribution in [3.8, 4) is 0 Å². The van der Waals surface area contributed by atoms with Gasteiger partial charge in [0.1, 0.15) is 0 Å². The Kier molecular flexibility index (Phi) is 2.83. The Bertz CT molecular complexity index is 403. The van der Waals surface area contributed by atoms with Gasteiger partial charge in [0.2, 0.25) is 5.91 Å². The summed E-state index contributed by atoms with van der Waals surface area (Å²) in [5.74, 6) is 0.341. The van der Waals surface area contributed by atoms with Crippen LogP contribution in [0.2, 0.25) is 0 Å². The van der Waals surface area contributed by atoms with E-state index < -0.39 is 0 Å². The van der Waals surface area contributed by atoms with Gasteiger partial charge in [-0.3, -0.25) is 4.79 Å². The van der Waals surface area contributed by atoms with E-state index in [-0.39, 0.29) is 11.8 Å². The molecule has 1 aliphatic heterocycles. The molecule has 0 fully saturated rings. The van der Waals surface area contributed by atoms with Gasteiger partial charge in [-0.15, -0.1) is 0 Å². The molecule has 0 aromatic heterocycles. The van der Waals surface area contributed by atoms with Crippen molar-refractivity contribution in [2.75, 3.05) is 11.9 Å². The molecule has 2 nitrogen and oxygen atoms in total. The Morgan fingerprint density at radius 1 is 1.47 bits per heavy atom. The molecule has 0 saturated heterocycles. The van der Waals surface area contributed by atoms with Crippen LogP contribution in [0.1, 0.15) is 18.9 Å². The zero-order chi connectivity index (χ0) is 11.0. The normalized spacial score (nSPS) is 21.1. The number of rotatable bonds is 0. The predicted octanol–water partition coefficient (Wildman–Crippen LogP) is 2.99. The summed E-state index contributed by atoms with van der Waals surface area (Å²) in [4.78, 5) is 13.7. The second-order valence-corrected chi connectivity index (χ2v) is 5.03. The zero-order valence-corrected chi connectivity index (χ0v) is 10.5. The third-order valence-electron chi connectivity index (χ3n) is 3.01. The highest BCUT2D eigenvalue weighted by Gasteiger charge is 2.24. The molecule has 3 heteroatoms. The lowest BCUT2D eigenvalue weighted by atomic mass is 10.0. The predicted molar refractivity (Wildman–Crippen MR) is 65.0 cm³/mol. The number of carbonyl (C=O) groups excluding carboxylic acids is 1. The van der Waals surface area contributed by atoms with Gasteiger partial charge in [-0.25, -0.2) is 0 Å². The van der Waals surface area contributed by atoms with E-state index in [0.29, 0.717) is 0 Å². The number of aryl methyl sites for hydroxylation is 1. The molecule has 15 heavy (non-hydrogen) atoms. The van der Waals surface area contributed by atoms with E-state index in [0.717, 1.165) is 23.0 Å². The van der Waals surface area contributed by atoms with Crippen LogP contribution < -0.4 is 4.90 Å². The molecule has 0 radical (unpaired) electrons. The fraction of sp³-hybridized carbons (Fsp3) is 0.417. The summed E-state index contributed by atoms with van der Waals surface area (Å²) in [6, 6.07) is 6.15. The molecule has 1 heterocycles. The van der Waals surface area contributed by atoms with E-state index in [1.54, 1.807) is 4.90 Å². The van der Waals surface area contributed by atoms with Crippen molar-refractivity contribution in [1.82, 2.24) is 0 Å². The van der Waals surface area contributed by atoms with Gasteiger partial charge in [-0.2, -0.15) is 0 Å². The van der Waals surface area contributed by atoms with Crippen LogP contribution in [-0.4, -0.2) is 13.0 Å². The van der Waals surface area contributed by atoms with Crippen LogP contribution >= 0.6 is 15.9 Å². The average molecular weight is 268 g/mol.